The Labute approximate surface area is 154 Å². The number of carbonyl (C=O) groups excluding carboxylic acids is 2. The lowest BCUT2D eigenvalue weighted by Gasteiger charge is -2.15. The highest BCUT2D eigenvalue weighted by atomic mass is 32.2. The number of amides is 2. The summed E-state index contributed by atoms with van der Waals surface area (Å²) in [6.07, 6.45) is 1.72. The van der Waals surface area contributed by atoms with E-state index in [1.807, 2.05) is 30.3 Å². The lowest BCUT2D eigenvalue weighted by molar-refractivity contribution is -0.123. The fraction of sp³-hybridized carbons (Fsp3) is 0.0556. The molecule has 0 saturated carbocycles. The van der Waals surface area contributed by atoms with Gasteiger partial charge in [-0.1, -0.05) is 42.1 Å². The Bertz CT molecular complexity index is 866. The van der Waals surface area contributed by atoms with E-state index in [1.54, 1.807) is 37.5 Å². The van der Waals surface area contributed by atoms with Crippen molar-refractivity contribution in [2.24, 2.45) is 0 Å². The molecule has 1 heterocycles. The molecule has 2 aromatic rings. The van der Waals surface area contributed by atoms with Crippen LogP contribution in [0.2, 0.25) is 0 Å². The van der Waals surface area contributed by atoms with Crippen molar-refractivity contribution in [3.05, 3.63) is 70.6 Å². The van der Waals surface area contributed by atoms with E-state index in [4.69, 9.17) is 17.0 Å². The van der Waals surface area contributed by atoms with Crippen LogP contribution < -0.4 is 10.2 Å². The SMILES string of the molecule is COc1cccc(C=C2SC(=S)N(NC(=O)c3ccccc3)C2=O)c1. The quantitative estimate of drug-likeness (QED) is 0.661. The van der Waals surface area contributed by atoms with Crippen LogP contribution in [0.3, 0.4) is 0 Å². The number of hydrogen-bond donors (Lipinski definition) is 1. The van der Waals surface area contributed by atoms with Gasteiger partial charge in [-0.15, -0.1) is 0 Å². The first-order valence-electron chi connectivity index (χ1n) is 7.36. The van der Waals surface area contributed by atoms with E-state index in [2.05, 4.69) is 5.43 Å². The van der Waals surface area contributed by atoms with Gasteiger partial charge in [0, 0.05) is 5.56 Å². The van der Waals surface area contributed by atoms with Crippen molar-refractivity contribution in [3.63, 3.8) is 0 Å². The number of rotatable bonds is 4. The van der Waals surface area contributed by atoms with Crippen molar-refractivity contribution in [1.82, 2.24) is 10.4 Å². The van der Waals surface area contributed by atoms with Crippen LogP contribution in [0.15, 0.2) is 59.5 Å². The van der Waals surface area contributed by atoms with Gasteiger partial charge in [0.1, 0.15) is 5.75 Å². The Balaban J connectivity index is 1.78. The van der Waals surface area contributed by atoms with E-state index in [0.717, 1.165) is 22.3 Å². The Kier molecular flexibility index (Phi) is 5.16. The van der Waals surface area contributed by atoms with Gasteiger partial charge in [-0.3, -0.25) is 15.0 Å². The minimum atomic E-state index is -0.389. The van der Waals surface area contributed by atoms with Crippen LogP contribution in [-0.2, 0) is 4.79 Å². The van der Waals surface area contributed by atoms with Gasteiger partial charge in [-0.25, -0.2) is 0 Å². The van der Waals surface area contributed by atoms with E-state index in [0.29, 0.717) is 16.2 Å². The Morgan fingerprint density at radius 2 is 1.96 bits per heavy atom. The molecule has 0 radical (unpaired) electrons. The van der Waals surface area contributed by atoms with E-state index in [-0.39, 0.29) is 16.1 Å². The molecule has 126 valence electrons. The second-order valence-electron chi connectivity index (χ2n) is 5.10. The molecular weight excluding hydrogens is 356 g/mol. The predicted molar refractivity (Wildman–Crippen MR) is 102 cm³/mol. The zero-order valence-electron chi connectivity index (χ0n) is 13.3. The maximum absolute atomic E-state index is 12.5. The molecule has 2 aromatic carbocycles. The molecule has 1 N–H and O–H groups in total. The van der Waals surface area contributed by atoms with Crippen LogP contribution in [0, 0.1) is 0 Å². The molecule has 1 aliphatic rings. The number of hydrogen-bond acceptors (Lipinski definition) is 5. The molecule has 2 amide bonds. The van der Waals surface area contributed by atoms with Gasteiger partial charge >= 0.3 is 0 Å². The summed E-state index contributed by atoms with van der Waals surface area (Å²) in [5.41, 5.74) is 3.82. The van der Waals surface area contributed by atoms with Gasteiger partial charge in [0.25, 0.3) is 11.8 Å². The first-order valence-corrected chi connectivity index (χ1v) is 8.59. The van der Waals surface area contributed by atoms with Crippen LogP contribution in [0.1, 0.15) is 15.9 Å². The summed E-state index contributed by atoms with van der Waals surface area (Å²) in [5.74, 6) is -0.0526. The summed E-state index contributed by atoms with van der Waals surface area (Å²) in [6.45, 7) is 0. The van der Waals surface area contributed by atoms with Gasteiger partial charge in [0.15, 0.2) is 4.32 Å². The Morgan fingerprint density at radius 1 is 1.20 bits per heavy atom. The molecule has 25 heavy (non-hydrogen) atoms. The fourth-order valence-corrected chi connectivity index (χ4v) is 3.38. The number of nitrogens with one attached hydrogen (secondary N) is 1. The number of thioether (sulfide) groups is 1. The van der Waals surface area contributed by atoms with E-state index in [1.165, 1.54) is 0 Å². The zero-order chi connectivity index (χ0) is 17.8. The maximum atomic E-state index is 12.5. The molecule has 7 heteroatoms. The monoisotopic (exact) mass is 370 g/mol. The predicted octanol–water partition coefficient (Wildman–Crippen LogP) is 3.24. The van der Waals surface area contributed by atoms with Gasteiger partial charge in [-0.2, -0.15) is 5.01 Å². The number of ether oxygens (including phenoxy) is 1. The van der Waals surface area contributed by atoms with E-state index in [9.17, 15) is 9.59 Å². The Hall–Kier alpha value is -2.64. The molecule has 1 fully saturated rings. The molecule has 0 bridgehead atoms. The first kappa shape index (κ1) is 17.2. The van der Waals surface area contributed by atoms with Gasteiger partial charge in [-0.05, 0) is 48.1 Å². The third-order valence-corrected chi connectivity index (χ3v) is 4.74. The molecule has 1 saturated heterocycles. The minimum absolute atomic E-state index is 0.281. The highest BCUT2D eigenvalue weighted by Gasteiger charge is 2.33. The summed E-state index contributed by atoms with van der Waals surface area (Å²) >= 11 is 6.36. The van der Waals surface area contributed by atoms with Crippen LogP contribution >= 0.6 is 24.0 Å². The van der Waals surface area contributed by atoms with Crippen LogP contribution in [0.5, 0.6) is 5.75 Å². The normalized spacial score (nSPS) is 15.6. The third kappa shape index (κ3) is 3.89. The largest absolute Gasteiger partial charge is 0.497 e. The average Bonchev–Trinajstić information content (AvgIpc) is 2.90. The second kappa shape index (κ2) is 7.50. The van der Waals surface area contributed by atoms with Crippen molar-refractivity contribution in [3.8, 4) is 5.75 Å². The lowest BCUT2D eigenvalue weighted by atomic mass is 10.2. The molecule has 5 nitrogen and oxygen atoms in total. The van der Waals surface area contributed by atoms with Crippen molar-refractivity contribution >= 4 is 46.2 Å². The molecule has 0 unspecified atom stereocenters. The highest BCUT2D eigenvalue weighted by Crippen LogP contribution is 2.31. The molecule has 3 rings (SSSR count). The first-order chi connectivity index (χ1) is 12.1. The fourth-order valence-electron chi connectivity index (χ4n) is 2.20. The van der Waals surface area contributed by atoms with Gasteiger partial charge in [0.2, 0.25) is 0 Å². The van der Waals surface area contributed by atoms with E-state index >= 15 is 0 Å². The van der Waals surface area contributed by atoms with Crippen LogP contribution in [0.25, 0.3) is 6.08 Å². The van der Waals surface area contributed by atoms with Crippen molar-refractivity contribution in [2.45, 2.75) is 0 Å². The molecule has 0 aromatic heterocycles. The minimum Gasteiger partial charge on any atom is -0.497 e. The zero-order valence-corrected chi connectivity index (χ0v) is 14.9. The number of methoxy groups -OCH3 is 1. The maximum Gasteiger partial charge on any atom is 0.285 e. The van der Waals surface area contributed by atoms with Crippen LogP contribution in [0.4, 0.5) is 0 Å². The number of nitrogens with zero attached hydrogens (tertiary/aromatic N) is 1. The molecule has 0 atom stereocenters. The molecular formula is C18H14N2O3S2. The summed E-state index contributed by atoms with van der Waals surface area (Å²) in [4.78, 5) is 25.2. The number of benzene rings is 2. The number of carbonyl (C=O) groups is 2. The van der Waals surface area contributed by atoms with E-state index < -0.39 is 0 Å². The number of hydrazine groups is 1. The summed E-state index contributed by atoms with van der Waals surface area (Å²) in [6, 6.07) is 16.0. The van der Waals surface area contributed by atoms with Gasteiger partial charge < -0.3 is 4.74 Å². The summed E-state index contributed by atoms with van der Waals surface area (Å²) in [5, 5.41) is 1.10. The summed E-state index contributed by atoms with van der Waals surface area (Å²) in [7, 11) is 1.58. The molecule has 1 aliphatic heterocycles. The molecule has 0 aliphatic carbocycles. The Morgan fingerprint density at radius 3 is 2.68 bits per heavy atom. The third-order valence-electron chi connectivity index (χ3n) is 3.43. The van der Waals surface area contributed by atoms with Crippen molar-refractivity contribution < 1.29 is 14.3 Å². The second-order valence-corrected chi connectivity index (χ2v) is 6.78. The van der Waals surface area contributed by atoms with Gasteiger partial charge in [0.05, 0.1) is 12.0 Å². The standard InChI is InChI=1S/C18H14N2O3S2/c1-23-14-9-5-6-12(10-14)11-15-17(22)20(18(24)25-15)19-16(21)13-7-3-2-4-8-13/h2-11H,1H3,(H,19,21). The number of thiocarbonyl (C=S) groups is 1. The average molecular weight is 370 g/mol. The van der Waals surface area contributed by atoms with Crippen molar-refractivity contribution in [1.29, 1.82) is 0 Å². The molecule has 0 spiro atoms. The van der Waals surface area contributed by atoms with Crippen molar-refractivity contribution in [2.75, 3.05) is 7.11 Å². The lowest BCUT2D eigenvalue weighted by Crippen LogP contribution is -2.44. The smallest absolute Gasteiger partial charge is 0.285 e. The van der Waals surface area contributed by atoms with Crippen LogP contribution in [-0.4, -0.2) is 28.3 Å². The highest BCUT2D eigenvalue weighted by molar-refractivity contribution is 8.26. The summed E-state index contributed by atoms with van der Waals surface area (Å²) < 4.78 is 5.46. The topological polar surface area (TPSA) is 58.6 Å².